The SMILES string of the molecule is CCOCCNC(=O)NCC(O)c1ccc(OC)cc1. The minimum absolute atomic E-state index is 0.146. The zero-order valence-corrected chi connectivity index (χ0v) is 11.9. The normalized spacial score (nSPS) is 11.8. The molecule has 0 aliphatic heterocycles. The Morgan fingerprint density at radius 1 is 1.30 bits per heavy atom. The van der Waals surface area contributed by atoms with Gasteiger partial charge in [0.05, 0.1) is 19.8 Å². The van der Waals surface area contributed by atoms with E-state index in [1.165, 1.54) is 0 Å². The predicted octanol–water partition coefficient (Wildman–Crippen LogP) is 1.06. The first-order valence-electron chi connectivity index (χ1n) is 6.58. The first-order valence-corrected chi connectivity index (χ1v) is 6.58. The Morgan fingerprint density at radius 2 is 2.00 bits per heavy atom. The molecule has 3 N–H and O–H groups in total. The molecule has 0 heterocycles. The molecular formula is C14H22N2O4. The van der Waals surface area contributed by atoms with Gasteiger partial charge in [-0.15, -0.1) is 0 Å². The fraction of sp³-hybridized carbons (Fsp3) is 0.500. The number of hydrogen-bond acceptors (Lipinski definition) is 4. The number of aliphatic hydroxyl groups excluding tert-OH is 1. The van der Waals surface area contributed by atoms with Gasteiger partial charge in [0.2, 0.25) is 0 Å². The van der Waals surface area contributed by atoms with Gasteiger partial charge in [-0.1, -0.05) is 12.1 Å². The lowest BCUT2D eigenvalue weighted by Gasteiger charge is -2.13. The Bertz CT molecular complexity index is 395. The van der Waals surface area contributed by atoms with Gasteiger partial charge in [-0.3, -0.25) is 0 Å². The van der Waals surface area contributed by atoms with Crippen LogP contribution in [-0.4, -0.2) is 44.6 Å². The largest absolute Gasteiger partial charge is 0.497 e. The molecule has 1 unspecified atom stereocenters. The van der Waals surface area contributed by atoms with E-state index >= 15 is 0 Å². The van der Waals surface area contributed by atoms with Gasteiger partial charge < -0.3 is 25.2 Å². The van der Waals surface area contributed by atoms with Gasteiger partial charge in [-0.25, -0.2) is 4.79 Å². The lowest BCUT2D eigenvalue weighted by molar-refractivity contribution is 0.148. The third kappa shape index (κ3) is 5.90. The van der Waals surface area contributed by atoms with Crippen molar-refractivity contribution in [3.05, 3.63) is 29.8 Å². The van der Waals surface area contributed by atoms with Gasteiger partial charge in [0.1, 0.15) is 5.75 Å². The second-order valence-corrected chi connectivity index (χ2v) is 4.12. The Hall–Kier alpha value is -1.79. The number of hydrogen-bond donors (Lipinski definition) is 3. The highest BCUT2D eigenvalue weighted by Gasteiger charge is 2.09. The molecule has 1 aromatic carbocycles. The van der Waals surface area contributed by atoms with E-state index in [0.717, 1.165) is 11.3 Å². The lowest BCUT2D eigenvalue weighted by Crippen LogP contribution is -2.39. The maximum Gasteiger partial charge on any atom is 0.314 e. The molecule has 6 nitrogen and oxygen atoms in total. The summed E-state index contributed by atoms with van der Waals surface area (Å²) in [6.07, 6.45) is -0.751. The molecule has 1 aromatic rings. The molecule has 2 amide bonds. The van der Waals surface area contributed by atoms with Crippen LogP contribution in [0.15, 0.2) is 24.3 Å². The van der Waals surface area contributed by atoms with Crippen molar-refractivity contribution in [2.24, 2.45) is 0 Å². The van der Waals surface area contributed by atoms with Crippen LogP contribution in [0.25, 0.3) is 0 Å². The van der Waals surface area contributed by atoms with Gasteiger partial charge >= 0.3 is 6.03 Å². The number of nitrogens with one attached hydrogen (secondary N) is 2. The first-order chi connectivity index (χ1) is 9.67. The maximum absolute atomic E-state index is 11.4. The van der Waals surface area contributed by atoms with Crippen molar-refractivity contribution < 1.29 is 19.4 Å². The summed E-state index contributed by atoms with van der Waals surface area (Å²) in [5, 5.41) is 15.2. The van der Waals surface area contributed by atoms with Crippen molar-refractivity contribution in [2.45, 2.75) is 13.0 Å². The Kier molecular flexibility index (Phi) is 7.46. The van der Waals surface area contributed by atoms with Gasteiger partial charge in [-0.2, -0.15) is 0 Å². The molecule has 0 spiro atoms. The second kappa shape index (κ2) is 9.17. The summed E-state index contributed by atoms with van der Waals surface area (Å²) in [5.74, 6) is 0.725. The summed E-state index contributed by atoms with van der Waals surface area (Å²) < 4.78 is 10.1. The van der Waals surface area contributed by atoms with E-state index in [4.69, 9.17) is 9.47 Å². The summed E-state index contributed by atoms with van der Waals surface area (Å²) >= 11 is 0. The third-order valence-corrected chi connectivity index (χ3v) is 2.69. The Balaban J connectivity index is 2.27. The number of carbonyl (C=O) groups is 1. The van der Waals surface area contributed by atoms with Crippen LogP contribution >= 0.6 is 0 Å². The van der Waals surface area contributed by atoms with Crippen molar-refractivity contribution in [1.82, 2.24) is 10.6 Å². The highest BCUT2D eigenvalue weighted by molar-refractivity contribution is 5.73. The highest BCUT2D eigenvalue weighted by atomic mass is 16.5. The van der Waals surface area contributed by atoms with Crippen LogP contribution in [-0.2, 0) is 4.74 Å². The van der Waals surface area contributed by atoms with E-state index < -0.39 is 6.10 Å². The molecule has 0 aliphatic carbocycles. The topological polar surface area (TPSA) is 79.8 Å². The quantitative estimate of drug-likeness (QED) is 0.623. The number of urea groups is 1. The van der Waals surface area contributed by atoms with E-state index in [9.17, 15) is 9.90 Å². The Morgan fingerprint density at radius 3 is 2.60 bits per heavy atom. The molecule has 0 saturated carbocycles. The molecule has 1 atom stereocenters. The Labute approximate surface area is 119 Å². The predicted molar refractivity (Wildman–Crippen MR) is 75.8 cm³/mol. The molecule has 20 heavy (non-hydrogen) atoms. The van der Waals surface area contributed by atoms with Crippen LogP contribution in [0.4, 0.5) is 4.79 Å². The summed E-state index contributed by atoms with van der Waals surface area (Å²) in [4.78, 5) is 11.4. The number of methoxy groups -OCH3 is 1. The van der Waals surface area contributed by atoms with Crippen molar-refractivity contribution in [1.29, 1.82) is 0 Å². The van der Waals surface area contributed by atoms with Crippen LogP contribution in [0, 0.1) is 0 Å². The summed E-state index contributed by atoms with van der Waals surface area (Å²) in [7, 11) is 1.58. The zero-order chi connectivity index (χ0) is 14.8. The first kappa shape index (κ1) is 16.3. The van der Waals surface area contributed by atoms with Crippen LogP contribution in [0.2, 0.25) is 0 Å². The summed E-state index contributed by atoms with van der Waals surface area (Å²) in [5.41, 5.74) is 0.723. The average Bonchev–Trinajstić information content (AvgIpc) is 2.49. The van der Waals surface area contributed by atoms with E-state index in [-0.39, 0.29) is 12.6 Å². The number of benzene rings is 1. The van der Waals surface area contributed by atoms with Crippen molar-refractivity contribution in [2.75, 3.05) is 33.4 Å². The zero-order valence-electron chi connectivity index (χ0n) is 11.9. The monoisotopic (exact) mass is 282 g/mol. The van der Waals surface area contributed by atoms with Gasteiger partial charge in [0.25, 0.3) is 0 Å². The molecule has 1 rings (SSSR count). The molecule has 0 radical (unpaired) electrons. The second-order valence-electron chi connectivity index (χ2n) is 4.12. The molecule has 0 aromatic heterocycles. The number of rotatable bonds is 8. The van der Waals surface area contributed by atoms with Crippen LogP contribution < -0.4 is 15.4 Å². The molecule has 112 valence electrons. The number of amides is 2. The highest BCUT2D eigenvalue weighted by Crippen LogP contribution is 2.16. The van der Waals surface area contributed by atoms with Gasteiger partial charge in [0.15, 0.2) is 0 Å². The van der Waals surface area contributed by atoms with E-state index in [2.05, 4.69) is 10.6 Å². The van der Waals surface area contributed by atoms with Crippen molar-refractivity contribution >= 4 is 6.03 Å². The molecule has 0 bridgehead atoms. The van der Waals surface area contributed by atoms with Crippen molar-refractivity contribution in [3.8, 4) is 5.75 Å². The minimum Gasteiger partial charge on any atom is -0.497 e. The number of ether oxygens (including phenoxy) is 2. The van der Waals surface area contributed by atoms with Crippen LogP contribution in [0.5, 0.6) is 5.75 Å². The molecule has 0 saturated heterocycles. The minimum atomic E-state index is -0.751. The van der Waals surface area contributed by atoms with Crippen LogP contribution in [0.3, 0.4) is 0 Å². The molecule has 0 aliphatic rings. The molecule has 0 fully saturated rings. The van der Waals surface area contributed by atoms with Gasteiger partial charge in [0, 0.05) is 19.7 Å². The third-order valence-electron chi connectivity index (χ3n) is 2.69. The average molecular weight is 282 g/mol. The van der Waals surface area contributed by atoms with E-state index in [0.29, 0.717) is 19.8 Å². The molecule has 6 heteroatoms. The fourth-order valence-electron chi connectivity index (χ4n) is 1.58. The van der Waals surface area contributed by atoms with E-state index in [1.807, 2.05) is 6.92 Å². The lowest BCUT2D eigenvalue weighted by atomic mass is 10.1. The standard InChI is InChI=1S/C14H22N2O4/c1-3-20-9-8-15-14(18)16-10-13(17)11-4-6-12(19-2)7-5-11/h4-7,13,17H,3,8-10H2,1-2H3,(H2,15,16,18). The smallest absolute Gasteiger partial charge is 0.314 e. The summed E-state index contributed by atoms with van der Waals surface area (Å²) in [6.45, 7) is 3.58. The number of carbonyl (C=O) groups excluding carboxylic acids is 1. The fourth-order valence-corrected chi connectivity index (χ4v) is 1.58. The van der Waals surface area contributed by atoms with Crippen LogP contribution in [0.1, 0.15) is 18.6 Å². The van der Waals surface area contributed by atoms with Crippen molar-refractivity contribution in [3.63, 3.8) is 0 Å². The summed E-state index contributed by atoms with van der Waals surface area (Å²) in [6, 6.07) is 6.73. The molecular weight excluding hydrogens is 260 g/mol. The number of aliphatic hydroxyl groups is 1. The maximum atomic E-state index is 11.4. The van der Waals surface area contributed by atoms with E-state index in [1.54, 1.807) is 31.4 Å². The van der Waals surface area contributed by atoms with Gasteiger partial charge in [-0.05, 0) is 24.6 Å².